The number of rotatable bonds is 7. The molecule has 1 heterocycles. The highest BCUT2D eigenvalue weighted by Gasteiger charge is 2.34. The highest BCUT2D eigenvalue weighted by atomic mass is 16.2. The molecule has 1 aromatic heterocycles. The van der Waals surface area contributed by atoms with E-state index in [2.05, 4.69) is 10.4 Å². The maximum Gasteiger partial charge on any atom is 0.274 e. The second-order valence-electron chi connectivity index (χ2n) is 8.53. The van der Waals surface area contributed by atoms with E-state index >= 15 is 0 Å². The molecule has 0 unspecified atom stereocenters. The predicted octanol–water partition coefficient (Wildman–Crippen LogP) is 3.88. The summed E-state index contributed by atoms with van der Waals surface area (Å²) in [6.45, 7) is 2.48. The van der Waals surface area contributed by atoms with Gasteiger partial charge in [0.05, 0.1) is 5.69 Å². The normalized spacial score (nSPS) is 15.5. The summed E-state index contributed by atoms with van der Waals surface area (Å²) in [6, 6.07) is 19.9. The van der Waals surface area contributed by atoms with Gasteiger partial charge in [0.15, 0.2) is 5.69 Å². The average Bonchev–Trinajstić information content (AvgIpc) is 3.72. The molecule has 2 saturated carbocycles. The molecule has 0 saturated heterocycles. The quantitative estimate of drug-likeness (QED) is 0.638. The number of hydrogen-bond acceptors (Lipinski definition) is 3. The Bertz CT molecular complexity index is 1100. The molecule has 2 aliphatic carbocycles. The van der Waals surface area contributed by atoms with Crippen LogP contribution < -0.4 is 5.32 Å². The molecule has 6 heteroatoms. The second kappa shape index (κ2) is 8.02. The van der Waals surface area contributed by atoms with Crippen LogP contribution in [0.2, 0.25) is 0 Å². The Hall–Kier alpha value is -3.41. The molecule has 158 valence electrons. The molecular formula is C25H26N4O2. The fourth-order valence-electron chi connectivity index (χ4n) is 3.76. The zero-order valence-corrected chi connectivity index (χ0v) is 17.6. The van der Waals surface area contributed by atoms with Gasteiger partial charge < -0.3 is 10.2 Å². The third-order valence-corrected chi connectivity index (χ3v) is 5.84. The number of carbonyl (C=O) groups is 2. The smallest absolute Gasteiger partial charge is 0.274 e. The largest absolute Gasteiger partial charge is 0.349 e. The molecule has 2 fully saturated rings. The average molecular weight is 415 g/mol. The topological polar surface area (TPSA) is 67.2 Å². The van der Waals surface area contributed by atoms with Gasteiger partial charge in [-0.25, -0.2) is 4.68 Å². The molecule has 6 nitrogen and oxygen atoms in total. The number of nitrogens with one attached hydrogen (secondary N) is 1. The van der Waals surface area contributed by atoms with Gasteiger partial charge in [-0.2, -0.15) is 5.10 Å². The van der Waals surface area contributed by atoms with Crippen LogP contribution in [0.15, 0.2) is 60.7 Å². The predicted molar refractivity (Wildman–Crippen MR) is 118 cm³/mol. The Morgan fingerprint density at radius 3 is 2.39 bits per heavy atom. The monoisotopic (exact) mass is 414 g/mol. The van der Waals surface area contributed by atoms with E-state index in [9.17, 15) is 9.59 Å². The van der Waals surface area contributed by atoms with Gasteiger partial charge in [0.2, 0.25) is 0 Å². The number of benzene rings is 2. The first-order valence-corrected chi connectivity index (χ1v) is 10.9. The van der Waals surface area contributed by atoms with E-state index in [1.54, 1.807) is 0 Å². The van der Waals surface area contributed by atoms with E-state index in [1.807, 2.05) is 77.2 Å². The van der Waals surface area contributed by atoms with E-state index in [4.69, 9.17) is 0 Å². The molecule has 0 radical (unpaired) electrons. The third-order valence-electron chi connectivity index (χ3n) is 5.84. The lowest BCUT2D eigenvalue weighted by molar-refractivity contribution is 0.0723. The SMILES string of the molecule is Cc1cc(C(=O)N(Cc2ccc(C(=O)NC3CC3)cc2)C2CC2)nn1-c1ccccc1. The number of carbonyl (C=O) groups excluding carboxylic acids is 2. The van der Waals surface area contributed by atoms with E-state index in [0.29, 0.717) is 23.8 Å². The molecule has 2 aliphatic rings. The van der Waals surface area contributed by atoms with Crippen LogP contribution in [-0.2, 0) is 6.54 Å². The van der Waals surface area contributed by atoms with Crippen LogP contribution in [0.1, 0.15) is 57.8 Å². The molecule has 31 heavy (non-hydrogen) atoms. The first-order chi connectivity index (χ1) is 15.1. The summed E-state index contributed by atoms with van der Waals surface area (Å²) in [5.41, 5.74) is 4.02. The summed E-state index contributed by atoms with van der Waals surface area (Å²) >= 11 is 0. The van der Waals surface area contributed by atoms with E-state index in [1.165, 1.54) is 0 Å². The van der Waals surface area contributed by atoms with Gasteiger partial charge in [0, 0.05) is 29.9 Å². The fourth-order valence-corrected chi connectivity index (χ4v) is 3.76. The Labute approximate surface area is 181 Å². The zero-order valence-electron chi connectivity index (χ0n) is 17.6. The van der Waals surface area contributed by atoms with Crippen molar-refractivity contribution in [3.8, 4) is 5.69 Å². The van der Waals surface area contributed by atoms with Crippen molar-refractivity contribution >= 4 is 11.8 Å². The number of para-hydroxylation sites is 1. The van der Waals surface area contributed by atoms with Gasteiger partial charge in [0.25, 0.3) is 11.8 Å². The van der Waals surface area contributed by atoms with Gasteiger partial charge in [-0.3, -0.25) is 9.59 Å². The second-order valence-corrected chi connectivity index (χ2v) is 8.53. The van der Waals surface area contributed by atoms with Crippen molar-refractivity contribution in [1.29, 1.82) is 0 Å². The zero-order chi connectivity index (χ0) is 21.4. The summed E-state index contributed by atoms with van der Waals surface area (Å²) in [6.07, 6.45) is 4.18. The number of nitrogens with zero attached hydrogens (tertiary/aromatic N) is 3. The Morgan fingerprint density at radius 2 is 1.74 bits per heavy atom. The van der Waals surface area contributed by atoms with Gasteiger partial charge in [-0.1, -0.05) is 30.3 Å². The summed E-state index contributed by atoms with van der Waals surface area (Å²) in [7, 11) is 0. The molecule has 2 aromatic carbocycles. The van der Waals surface area contributed by atoms with Gasteiger partial charge in [-0.05, 0) is 68.5 Å². The van der Waals surface area contributed by atoms with E-state index < -0.39 is 0 Å². The first kappa shape index (κ1) is 19.5. The van der Waals surface area contributed by atoms with Crippen LogP contribution in [0.4, 0.5) is 0 Å². The molecule has 5 rings (SSSR count). The number of aromatic nitrogens is 2. The number of hydrogen-bond donors (Lipinski definition) is 1. The highest BCUT2D eigenvalue weighted by molar-refractivity contribution is 5.95. The number of amides is 2. The highest BCUT2D eigenvalue weighted by Crippen LogP contribution is 2.30. The third kappa shape index (κ3) is 4.38. The molecule has 0 atom stereocenters. The summed E-state index contributed by atoms with van der Waals surface area (Å²) in [4.78, 5) is 27.4. The molecule has 2 amide bonds. The molecule has 0 spiro atoms. The van der Waals surface area contributed by atoms with Crippen molar-refractivity contribution in [2.45, 2.75) is 51.2 Å². The summed E-state index contributed by atoms with van der Waals surface area (Å²) in [5.74, 6) is -0.0677. The minimum Gasteiger partial charge on any atom is -0.349 e. The van der Waals surface area contributed by atoms with Crippen LogP contribution in [0.3, 0.4) is 0 Å². The Morgan fingerprint density at radius 1 is 1.03 bits per heavy atom. The van der Waals surface area contributed by atoms with Crippen LogP contribution in [0.25, 0.3) is 5.69 Å². The standard InChI is InChI=1S/C25H26N4O2/c1-17-15-23(27-29(17)22-5-3-2-4-6-22)25(31)28(21-13-14-21)16-18-7-9-19(10-8-18)24(30)26-20-11-12-20/h2-10,15,20-21H,11-14,16H2,1H3,(H,26,30). The van der Waals surface area contributed by atoms with E-state index in [0.717, 1.165) is 42.6 Å². The van der Waals surface area contributed by atoms with Gasteiger partial charge in [-0.15, -0.1) is 0 Å². The summed E-state index contributed by atoms with van der Waals surface area (Å²) in [5, 5.41) is 7.60. The first-order valence-electron chi connectivity index (χ1n) is 10.9. The lowest BCUT2D eigenvalue weighted by Gasteiger charge is -2.21. The maximum atomic E-state index is 13.3. The molecule has 3 aromatic rings. The van der Waals surface area contributed by atoms with Crippen molar-refractivity contribution in [3.63, 3.8) is 0 Å². The molecule has 0 bridgehead atoms. The van der Waals surface area contributed by atoms with Crippen LogP contribution in [0.5, 0.6) is 0 Å². The fraction of sp³-hybridized carbons (Fsp3) is 0.320. The van der Waals surface area contributed by atoms with Crippen molar-refractivity contribution in [2.24, 2.45) is 0 Å². The van der Waals surface area contributed by atoms with Crippen LogP contribution >= 0.6 is 0 Å². The number of aryl methyl sites for hydroxylation is 1. The van der Waals surface area contributed by atoms with Gasteiger partial charge >= 0.3 is 0 Å². The van der Waals surface area contributed by atoms with Crippen LogP contribution in [-0.4, -0.2) is 38.6 Å². The Kier molecular flexibility index (Phi) is 5.06. The van der Waals surface area contributed by atoms with E-state index in [-0.39, 0.29) is 17.9 Å². The summed E-state index contributed by atoms with van der Waals surface area (Å²) < 4.78 is 1.81. The molecule has 1 N–H and O–H groups in total. The lowest BCUT2D eigenvalue weighted by Crippen LogP contribution is -2.33. The van der Waals surface area contributed by atoms with Crippen LogP contribution in [0, 0.1) is 6.92 Å². The van der Waals surface area contributed by atoms with Crippen molar-refractivity contribution < 1.29 is 9.59 Å². The minimum absolute atomic E-state index is 0.0221. The van der Waals surface area contributed by atoms with Crippen molar-refractivity contribution in [2.75, 3.05) is 0 Å². The lowest BCUT2D eigenvalue weighted by atomic mass is 10.1. The molecular weight excluding hydrogens is 388 g/mol. The molecule has 0 aliphatic heterocycles. The Balaban J connectivity index is 1.32. The van der Waals surface area contributed by atoms with Crippen molar-refractivity contribution in [1.82, 2.24) is 20.0 Å². The van der Waals surface area contributed by atoms with Gasteiger partial charge in [0.1, 0.15) is 0 Å². The maximum absolute atomic E-state index is 13.3. The van der Waals surface area contributed by atoms with Crippen molar-refractivity contribution in [3.05, 3.63) is 83.2 Å². The minimum atomic E-state index is -0.0455.